The average Bonchev–Trinajstić information content (AvgIpc) is 2.75. The number of aliphatic imine (C=N–C) groups is 1. The zero-order valence-corrected chi connectivity index (χ0v) is 17.9. The summed E-state index contributed by atoms with van der Waals surface area (Å²) >= 11 is 0. The van der Waals surface area contributed by atoms with Crippen LogP contribution in [0, 0.1) is 0 Å². The van der Waals surface area contributed by atoms with Crippen molar-refractivity contribution in [3.05, 3.63) is 41.1 Å². The highest BCUT2D eigenvalue weighted by molar-refractivity contribution is 6.02. The van der Waals surface area contributed by atoms with Crippen molar-refractivity contribution in [1.29, 1.82) is 0 Å². The van der Waals surface area contributed by atoms with Gasteiger partial charge in [-0.3, -0.25) is 9.63 Å². The molecule has 0 aromatic heterocycles. The van der Waals surface area contributed by atoms with Gasteiger partial charge in [0.25, 0.3) is 0 Å². The molecule has 0 saturated heterocycles. The number of amidine groups is 1. The van der Waals surface area contributed by atoms with Gasteiger partial charge in [0.1, 0.15) is 18.4 Å². The number of carbonyl (C=O) groups is 2. The number of allylic oxidation sites excluding steroid dienone is 1. The van der Waals surface area contributed by atoms with Crippen molar-refractivity contribution in [3.8, 4) is 5.75 Å². The molecule has 2 rings (SSSR count). The number of carboxylic acid groups (broad SMARTS) is 1. The summed E-state index contributed by atoms with van der Waals surface area (Å²) in [4.78, 5) is 37.8. The summed E-state index contributed by atoms with van der Waals surface area (Å²) in [5.41, 5.74) is 1.38. The zero-order valence-electron chi connectivity index (χ0n) is 17.9. The van der Waals surface area contributed by atoms with Gasteiger partial charge in [0, 0.05) is 17.7 Å². The van der Waals surface area contributed by atoms with E-state index < -0.39 is 11.9 Å². The van der Waals surface area contributed by atoms with Crippen molar-refractivity contribution in [3.63, 3.8) is 0 Å². The minimum absolute atomic E-state index is 0.139. The molecule has 0 amide bonds. The van der Waals surface area contributed by atoms with Crippen LogP contribution in [-0.4, -0.2) is 61.7 Å². The fraction of sp³-hybridized carbons (Fsp3) is 0.429. The van der Waals surface area contributed by atoms with Crippen LogP contribution < -0.4 is 4.74 Å². The van der Waals surface area contributed by atoms with Gasteiger partial charge in [0.05, 0.1) is 26.5 Å². The number of oxime groups is 1. The molecule has 0 fully saturated rings. The highest BCUT2D eigenvalue weighted by Gasteiger charge is 2.23. The van der Waals surface area contributed by atoms with Crippen LogP contribution in [0.4, 0.5) is 0 Å². The second-order valence-corrected chi connectivity index (χ2v) is 6.57. The maximum absolute atomic E-state index is 12.4. The first-order valence-corrected chi connectivity index (χ1v) is 9.79. The number of carbonyl (C=O) groups excluding carboxylic acids is 1. The number of hydrogen-bond acceptors (Lipinski definition) is 9. The Labute approximate surface area is 180 Å². The topological polar surface area (TPSA) is 119 Å². The van der Waals surface area contributed by atoms with Gasteiger partial charge in [0.2, 0.25) is 0 Å². The summed E-state index contributed by atoms with van der Waals surface area (Å²) in [6, 6.07) is 5.19. The van der Waals surface area contributed by atoms with Crippen LogP contribution in [-0.2, 0) is 19.2 Å². The highest BCUT2D eigenvalue weighted by atomic mass is 16.7. The number of nitrogens with zero attached hydrogens (tertiary/aromatic N) is 3. The molecule has 0 radical (unpaired) electrons. The fourth-order valence-electron chi connectivity index (χ4n) is 2.73. The largest absolute Gasteiger partial charge is 0.481 e. The van der Waals surface area contributed by atoms with Crippen molar-refractivity contribution >= 4 is 24.2 Å². The number of hydroxylamine groups is 2. The Bertz CT molecular complexity index is 865. The van der Waals surface area contributed by atoms with E-state index in [2.05, 4.69) is 10.1 Å². The van der Waals surface area contributed by atoms with Gasteiger partial charge in [-0.1, -0.05) is 23.7 Å². The minimum atomic E-state index is -0.806. The van der Waals surface area contributed by atoms with Gasteiger partial charge in [-0.15, -0.1) is 0 Å². The summed E-state index contributed by atoms with van der Waals surface area (Å²) in [6.45, 7) is 2.62. The first-order chi connectivity index (χ1) is 15.0. The monoisotopic (exact) mass is 433 g/mol. The first-order valence-electron chi connectivity index (χ1n) is 9.79. The van der Waals surface area contributed by atoms with E-state index in [9.17, 15) is 9.59 Å². The molecule has 1 aliphatic heterocycles. The number of aliphatic carboxylic acids is 1. The predicted octanol–water partition coefficient (Wildman–Crippen LogP) is 2.98. The third-order valence-electron chi connectivity index (χ3n) is 4.27. The quantitative estimate of drug-likeness (QED) is 0.245. The number of hydrogen-bond donors (Lipinski definition) is 1. The molecule has 168 valence electrons. The third-order valence-corrected chi connectivity index (χ3v) is 4.27. The van der Waals surface area contributed by atoms with Crippen molar-refractivity contribution in [2.45, 2.75) is 32.6 Å². The molecule has 31 heavy (non-hydrogen) atoms. The molecular formula is C21H27N3O7. The van der Waals surface area contributed by atoms with Crippen LogP contribution >= 0.6 is 0 Å². The predicted molar refractivity (Wildman–Crippen MR) is 113 cm³/mol. The van der Waals surface area contributed by atoms with E-state index in [0.29, 0.717) is 31.6 Å². The molecule has 0 spiro atoms. The van der Waals surface area contributed by atoms with Crippen molar-refractivity contribution < 1.29 is 33.8 Å². The minimum Gasteiger partial charge on any atom is -0.481 e. The molecule has 10 heteroatoms. The second-order valence-electron chi connectivity index (χ2n) is 6.57. The van der Waals surface area contributed by atoms with Crippen molar-refractivity contribution in [1.82, 2.24) is 5.06 Å². The van der Waals surface area contributed by atoms with E-state index >= 15 is 0 Å². The highest BCUT2D eigenvalue weighted by Crippen LogP contribution is 2.24. The summed E-state index contributed by atoms with van der Waals surface area (Å²) in [6.07, 6.45) is 5.41. The molecule has 0 bridgehead atoms. The molecule has 0 atom stereocenters. The van der Waals surface area contributed by atoms with E-state index in [0.717, 1.165) is 12.1 Å². The summed E-state index contributed by atoms with van der Waals surface area (Å²) in [5.74, 6) is -1.17. The van der Waals surface area contributed by atoms with Crippen LogP contribution in [0.2, 0.25) is 0 Å². The molecule has 1 aromatic rings. The fourth-order valence-corrected chi connectivity index (χ4v) is 2.73. The third kappa shape index (κ3) is 7.41. The average molecular weight is 433 g/mol. The Morgan fingerprint density at radius 1 is 1.26 bits per heavy atom. The second kappa shape index (κ2) is 12.3. The lowest BCUT2D eigenvalue weighted by Gasteiger charge is -2.26. The molecule has 1 aromatic carbocycles. The number of unbranched alkanes of at least 4 members (excludes halogenated alkanes) is 2. The first kappa shape index (κ1) is 23.9. The van der Waals surface area contributed by atoms with Gasteiger partial charge >= 0.3 is 18.0 Å². The van der Waals surface area contributed by atoms with E-state index in [1.807, 2.05) is 13.0 Å². The Morgan fingerprint density at radius 3 is 2.77 bits per heavy atom. The number of esters is 1. The number of ether oxygens (including phenoxy) is 2. The lowest BCUT2D eigenvalue weighted by atomic mass is 10.1. The van der Waals surface area contributed by atoms with Crippen LogP contribution in [0.15, 0.2) is 40.1 Å². The summed E-state index contributed by atoms with van der Waals surface area (Å²) < 4.78 is 10.8. The SMILES string of the molecule is CON=Cc1cccc(OC2=NC(C)=CCN2OCCCCCC(=O)O)c1C(=O)OC. The van der Waals surface area contributed by atoms with Gasteiger partial charge < -0.3 is 19.4 Å². The summed E-state index contributed by atoms with van der Waals surface area (Å²) in [7, 11) is 2.68. The van der Waals surface area contributed by atoms with Gasteiger partial charge in [-0.25, -0.2) is 14.9 Å². The molecule has 0 aliphatic carbocycles. The normalized spacial score (nSPS) is 13.6. The van der Waals surface area contributed by atoms with Crippen LogP contribution in [0.1, 0.15) is 48.5 Å². The number of benzene rings is 1. The van der Waals surface area contributed by atoms with Crippen LogP contribution in [0.25, 0.3) is 0 Å². The lowest BCUT2D eigenvalue weighted by molar-refractivity contribution is -0.137. The molecule has 1 aliphatic rings. The zero-order chi connectivity index (χ0) is 22.6. The number of rotatable bonds is 11. The Hall–Kier alpha value is -3.40. The Morgan fingerprint density at radius 2 is 2.06 bits per heavy atom. The Kier molecular flexibility index (Phi) is 9.50. The molecular weight excluding hydrogens is 406 g/mol. The van der Waals surface area contributed by atoms with E-state index in [4.69, 9.17) is 24.3 Å². The molecule has 1 N–H and O–H groups in total. The summed E-state index contributed by atoms with van der Waals surface area (Å²) in [5, 5.41) is 13.9. The van der Waals surface area contributed by atoms with Gasteiger partial charge in [0.15, 0.2) is 0 Å². The number of carboxylic acids is 1. The number of methoxy groups -OCH3 is 1. The smallest absolute Gasteiger partial charge is 0.342 e. The maximum atomic E-state index is 12.4. The molecule has 0 saturated carbocycles. The molecule has 10 nitrogen and oxygen atoms in total. The van der Waals surface area contributed by atoms with E-state index in [-0.39, 0.29) is 23.8 Å². The lowest BCUT2D eigenvalue weighted by Crippen LogP contribution is -2.38. The van der Waals surface area contributed by atoms with E-state index in [1.54, 1.807) is 18.2 Å². The van der Waals surface area contributed by atoms with E-state index in [1.165, 1.54) is 25.5 Å². The molecule has 0 unspecified atom stereocenters. The standard InChI is InChI=1S/C21H27N3O7/c1-15-11-12-24(30-13-6-4-5-10-18(25)26)21(23-15)31-17-9-7-8-16(14-22-29-3)19(17)20(27)28-2/h7-9,11,14H,4-6,10,12-13H2,1-3H3,(H,25,26). The maximum Gasteiger partial charge on any atom is 0.342 e. The van der Waals surface area contributed by atoms with Crippen LogP contribution in [0.3, 0.4) is 0 Å². The molecule has 1 heterocycles. The van der Waals surface area contributed by atoms with Crippen molar-refractivity contribution in [2.75, 3.05) is 27.4 Å². The van der Waals surface area contributed by atoms with Gasteiger partial charge in [-0.2, -0.15) is 0 Å². The van der Waals surface area contributed by atoms with Crippen molar-refractivity contribution in [2.24, 2.45) is 10.1 Å². The van der Waals surface area contributed by atoms with Gasteiger partial charge in [-0.05, 0) is 31.9 Å². The Balaban J connectivity index is 2.14. The van der Waals surface area contributed by atoms with Crippen LogP contribution in [0.5, 0.6) is 5.75 Å².